The van der Waals surface area contributed by atoms with Crippen LogP contribution in [-0.2, 0) is 27.2 Å². The van der Waals surface area contributed by atoms with Gasteiger partial charge in [0.05, 0.1) is 13.7 Å². The second kappa shape index (κ2) is 12.8. The highest BCUT2D eigenvalue weighted by Gasteiger charge is 2.30. The van der Waals surface area contributed by atoms with E-state index in [4.69, 9.17) is 9.47 Å². The topological polar surface area (TPSA) is 97.0 Å². The lowest BCUT2D eigenvalue weighted by Crippen LogP contribution is -2.54. The molecule has 3 amide bonds. The molecule has 8 heteroatoms. The number of methoxy groups -OCH3 is 1. The summed E-state index contributed by atoms with van der Waals surface area (Å²) in [5.41, 5.74) is 8.61. The van der Waals surface area contributed by atoms with Crippen molar-refractivity contribution in [3.8, 4) is 11.1 Å². The number of hydrogen-bond donors (Lipinski definition) is 2. The molecule has 0 fully saturated rings. The minimum Gasteiger partial charge on any atom is -0.467 e. The van der Waals surface area contributed by atoms with E-state index in [0.29, 0.717) is 0 Å². The lowest BCUT2D eigenvalue weighted by atomic mass is 9.98. The smallest absolute Gasteiger partial charge is 0.426 e. The van der Waals surface area contributed by atoms with Gasteiger partial charge in [0.15, 0.2) is 0 Å². The molecule has 4 aromatic rings. The van der Waals surface area contributed by atoms with Crippen molar-refractivity contribution < 1.29 is 23.9 Å². The van der Waals surface area contributed by atoms with Crippen LogP contribution in [0.15, 0.2) is 109 Å². The normalized spacial score (nSPS) is 12.4. The zero-order valence-corrected chi connectivity index (χ0v) is 22.7. The Morgan fingerprint density at radius 1 is 0.756 bits per heavy atom. The van der Waals surface area contributed by atoms with Crippen LogP contribution in [-0.4, -0.2) is 42.9 Å². The quantitative estimate of drug-likeness (QED) is 0.226. The van der Waals surface area contributed by atoms with Gasteiger partial charge in [-0.2, -0.15) is 0 Å². The highest BCUT2D eigenvalue weighted by Crippen LogP contribution is 2.44. The second-order valence-corrected chi connectivity index (χ2v) is 9.72. The molecule has 1 aliphatic rings. The zero-order chi connectivity index (χ0) is 28.6. The van der Waals surface area contributed by atoms with Crippen molar-refractivity contribution in [1.29, 1.82) is 0 Å². The number of rotatable bonds is 8. The fraction of sp³-hybridized carbons (Fsp3) is 0.182. The predicted octanol–water partition coefficient (Wildman–Crippen LogP) is 5.44. The Kier molecular flexibility index (Phi) is 8.59. The van der Waals surface area contributed by atoms with Crippen LogP contribution in [0.25, 0.3) is 11.1 Å². The van der Waals surface area contributed by atoms with Crippen molar-refractivity contribution in [3.05, 3.63) is 131 Å². The van der Waals surface area contributed by atoms with Gasteiger partial charge in [0.1, 0.15) is 12.6 Å². The van der Waals surface area contributed by atoms with Crippen molar-refractivity contribution in [2.24, 2.45) is 0 Å². The number of carbonyl (C=O) groups is 3. The van der Waals surface area contributed by atoms with E-state index in [1.165, 1.54) is 7.11 Å². The number of esters is 1. The standard InChI is InChI=1S/C33H31N3O5/c1-40-31(37)30(20-23-12-4-2-5-13-23)34-32(38)36(21-24-14-6-3-7-15-24)35-33(39)41-22-29-27-18-10-8-16-25(27)26-17-9-11-19-28(26)29/h2-19,29-30H,20-22H2,1H3,(H,34,38)(H,35,39)/t30-/m0/s1. The SMILES string of the molecule is COC(=O)[C@H](Cc1ccccc1)NC(=O)N(Cc1ccccc1)NC(=O)OCC1c2ccccc2-c2ccccc21. The first-order chi connectivity index (χ1) is 20.0. The van der Waals surface area contributed by atoms with Crippen LogP contribution >= 0.6 is 0 Å². The first-order valence-electron chi connectivity index (χ1n) is 13.4. The molecule has 8 nitrogen and oxygen atoms in total. The van der Waals surface area contributed by atoms with Gasteiger partial charge in [-0.3, -0.25) is 0 Å². The third-order valence-corrected chi connectivity index (χ3v) is 7.06. The van der Waals surface area contributed by atoms with Gasteiger partial charge in [0, 0.05) is 12.3 Å². The van der Waals surface area contributed by atoms with Gasteiger partial charge in [-0.05, 0) is 33.4 Å². The molecule has 0 saturated heterocycles. The first-order valence-corrected chi connectivity index (χ1v) is 13.4. The van der Waals surface area contributed by atoms with Crippen LogP contribution in [0.5, 0.6) is 0 Å². The molecule has 0 heterocycles. The number of benzene rings is 4. The number of carbonyl (C=O) groups excluding carboxylic acids is 3. The Labute approximate surface area is 238 Å². The highest BCUT2D eigenvalue weighted by molar-refractivity contribution is 5.85. The summed E-state index contributed by atoms with van der Waals surface area (Å²) in [6.07, 6.45) is -0.556. The molecule has 1 aliphatic carbocycles. The van der Waals surface area contributed by atoms with Crippen molar-refractivity contribution in [2.75, 3.05) is 13.7 Å². The molecule has 5 rings (SSSR count). The number of hydrogen-bond acceptors (Lipinski definition) is 5. The maximum Gasteiger partial charge on any atom is 0.426 e. The maximum absolute atomic E-state index is 13.4. The number of ether oxygens (including phenoxy) is 2. The van der Waals surface area contributed by atoms with Gasteiger partial charge < -0.3 is 14.8 Å². The zero-order valence-electron chi connectivity index (χ0n) is 22.7. The summed E-state index contributed by atoms with van der Waals surface area (Å²) >= 11 is 0. The van der Waals surface area contributed by atoms with E-state index in [1.807, 2.05) is 97.1 Å². The molecule has 0 aliphatic heterocycles. The molecular formula is C33H31N3O5. The third-order valence-electron chi connectivity index (χ3n) is 7.06. The predicted molar refractivity (Wildman–Crippen MR) is 155 cm³/mol. The van der Waals surface area contributed by atoms with E-state index in [9.17, 15) is 14.4 Å². The number of nitrogens with zero attached hydrogens (tertiary/aromatic N) is 1. The second-order valence-electron chi connectivity index (χ2n) is 9.72. The van der Waals surface area contributed by atoms with E-state index in [0.717, 1.165) is 38.4 Å². The summed E-state index contributed by atoms with van der Waals surface area (Å²) in [5, 5.41) is 3.81. The number of hydrazine groups is 1. The Hall–Kier alpha value is -5.11. The van der Waals surface area contributed by atoms with Crippen LogP contribution < -0.4 is 10.7 Å². The summed E-state index contributed by atoms with van der Waals surface area (Å²) in [7, 11) is 1.27. The molecule has 0 saturated carbocycles. The molecule has 1 atom stereocenters. The number of fused-ring (bicyclic) bond motifs is 3. The third kappa shape index (κ3) is 6.55. The molecule has 2 N–H and O–H groups in total. The van der Waals surface area contributed by atoms with E-state index >= 15 is 0 Å². The molecule has 0 radical (unpaired) electrons. The minimum atomic E-state index is -0.961. The number of amides is 3. The summed E-state index contributed by atoms with van der Waals surface area (Å²) in [6.45, 7) is 0.148. The minimum absolute atomic E-state index is 0.0517. The van der Waals surface area contributed by atoms with Crippen LogP contribution in [0.2, 0.25) is 0 Å². The van der Waals surface area contributed by atoms with Gasteiger partial charge in [-0.15, -0.1) is 0 Å². The number of nitrogens with one attached hydrogen (secondary N) is 2. The Morgan fingerprint density at radius 3 is 1.88 bits per heavy atom. The van der Waals surface area contributed by atoms with Crippen molar-refractivity contribution in [1.82, 2.24) is 15.8 Å². The van der Waals surface area contributed by atoms with E-state index in [2.05, 4.69) is 22.9 Å². The Bertz CT molecular complexity index is 1460. The average Bonchev–Trinajstić information content (AvgIpc) is 3.33. The highest BCUT2D eigenvalue weighted by atomic mass is 16.6. The molecular weight excluding hydrogens is 518 g/mol. The van der Waals surface area contributed by atoms with Gasteiger partial charge in [0.2, 0.25) is 0 Å². The Balaban J connectivity index is 1.29. The van der Waals surface area contributed by atoms with Crippen molar-refractivity contribution >= 4 is 18.1 Å². The van der Waals surface area contributed by atoms with Crippen LogP contribution in [0.4, 0.5) is 9.59 Å². The lowest BCUT2D eigenvalue weighted by Gasteiger charge is -2.26. The molecule has 41 heavy (non-hydrogen) atoms. The van der Waals surface area contributed by atoms with Crippen LogP contribution in [0.1, 0.15) is 28.2 Å². The fourth-order valence-electron chi connectivity index (χ4n) is 5.08. The van der Waals surface area contributed by atoms with Gasteiger partial charge in [-0.1, -0.05) is 109 Å². The van der Waals surface area contributed by atoms with E-state index < -0.39 is 24.1 Å². The van der Waals surface area contributed by atoms with Crippen LogP contribution in [0, 0.1) is 0 Å². The maximum atomic E-state index is 13.4. The molecule has 0 spiro atoms. The van der Waals surface area contributed by atoms with E-state index in [-0.39, 0.29) is 25.5 Å². The van der Waals surface area contributed by atoms with Crippen molar-refractivity contribution in [3.63, 3.8) is 0 Å². The summed E-state index contributed by atoms with van der Waals surface area (Å²) in [5.74, 6) is -0.720. The molecule has 208 valence electrons. The summed E-state index contributed by atoms with van der Waals surface area (Å²) < 4.78 is 10.6. The monoisotopic (exact) mass is 549 g/mol. The van der Waals surface area contributed by atoms with E-state index in [1.54, 1.807) is 0 Å². The lowest BCUT2D eigenvalue weighted by molar-refractivity contribution is -0.142. The molecule has 0 unspecified atom stereocenters. The first kappa shape index (κ1) is 27.5. The fourth-order valence-corrected chi connectivity index (χ4v) is 5.08. The summed E-state index contributed by atoms with van der Waals surface area (Å²) in [6, 6.07) is 33.0. The summed E-state index contributed by atoms with van der Waals surface area (Å²) in [4.78, 5) is 39.0. The molecule has 0 aromatic heterocycles. The van der Waals surface area contributed by atoms with Crippen LogP contribution in [0.3, 0.4) is 0 Å². The molecule has 4 aromatic carbocycles. The largest absolute Gasteiger partial charge is 0.467 e. The number of urea groups is 1. The average molecular weight is 550 g/mol. The van der Waals surface area contributed by atoms with Gasteiger partial charge in [0.25, 0.3) is 0 Å². The van der Waals surface area contributed by atoms with Gasteiger partial charge in [-0.25, -0.2) is 24.8 Å². The Morgan fingerprint density at radius 2 is 1.29 bits per heavy atom. The van der Waals surface area contributed by atoms with Gasteiger partial charge >= 0.3 is 18.1 Å². The molecule has 0 bridgehead atoms. The van der Waals surface area contributed by atoms with Crippen molar-refractivity contribution in [2.45, 2.75) is 24.9 Å².